The molecule has 2 rings (SSSR count). The average Bonchev–Trinajstić information content (AvgIpc) is 2.67. The summed E-state index contributed by atoms with van der Waals surface area (Å²) in [4.78, 5) is 24.3. The molecule has 0 radical (unpaired) electrons. The zero-order valence-electron chi connectivity index (χ0n) is 15.2. The zero-order valence-corrected chi connectivity index (χ0v) is 16.0. The lowest BCUT2D eigenvalue weighted by Gasteiger charge is -2.11. The smallest absolute Gasteiger partial charge is 0.337 e. The van der Waals surface area contributed by atoms with Crippen molar-refractivity contribution in [1.29, 1.82) is 0 Å². The maximum atomic E-state index is 12.4. The molecule has 2 N–H and O–H groups in total. The Kier molecular flexibility index (Phi) is 6.95. The topological polar surface area (TPSA) is 102 Å². The number of benzene rings is 2. The molecule has 2 aromatic carbocycles. The molecule has 144 valence electrons. The number of ether oxygens (including phenoxy) is 1. The van der Waals surface area contributed by atoms with Crippen LogP contribution in [-0.2, 0) is 21.2 Å². The van der Waals surface area contributed by atoms with E-state index in [4.69, 9.17) is 0 Å². The second-order valence-electron chi connectivity index (χ2n) is 5.79. The summed E-state index contributed by atoms with van der Waals surface area (Å²) < 4.78 is 30.6. The van der Waals surface area contributed by atoms with Crippen molar-refractivity contribution in [3.05, 3.63) is 65.2 Å². The molecule has 0 unspecified atom stereocenters. The van der Waals surface area contributed by atoms with E-state index in [0.29, 0.717) is 13.0 Å². The highest BCUT2D eigenvalue weighted by Crippen LogP contribution is 2.18. The Balaban J connectivity index is 2.17. The van der Waals surface area contributed by atoms with Crippen molar-refractivity contribution in [1.82, 2.24) is 5.32 Å². The molecule has 1 amide bonds. The minimum atomic E-state index is -3.55. The zero-order chi connectivity index (χ0) is 19.9. The third-order valence-corrected chi connectivity index (χ3v) is 5.12. The predicted octanol–water partition coefficient (Wildman–Crippen LogP) is 2.21. The van der Waals surface area contributed by atoms with Crippen LogP contribution in [0.25, 0.3) is 0 Å². The maximum Gasteiger partial charge on any atom is 0.337 e. The van der Waals surface area contributed by atoms with Gasteiger partial charge in [0.2, 0.25) is 10.0 Å². The maximum absolute atomic E-state index is 12.4. The first-order valence-corrected chi connectivity index (χ1v) is 10.1. The van der Waals surface area contributed by atoms with Gasteiger partial charge < -0.3 is 10.1 Å². The molecule has 0 saturated carbocycles. The van der Waals surface area contributed by atoms with Crippen molar-refractivity contribution < 1.29 is 22.7 Å². The number of carbonyl (C=O) groups is 2. The Bertz CT molecular complexity index is 911. The van der Waals surface area contributed by atoms with E-state index in [1.807, 2.05) is 30.3 Å². The van der Waals surface area contributed by atoms with Crippen LogP contribution >= 0.6 is 0 Å². The Labute approximate surface area is 158 Å². The van der Waals surface area contributed by atoms with E-state index in [1.165, 1.54) is 32.2 Å². The van der Waals surface area contributed by atoms with E-state index in [1.54, 1.807) is 0 Å². The molecule has 0 saturated heterocycles. The van der Waals surface area contributed by atoms with Gasteiger partial charge in [0.05, 0.1) is 24.1 Å². The van der Waals surface area contributed by atoms with Crippen LogP contribution in [0.4, 0.5) is 5.69 Å². The lowest BCUT2D eigenvalue weighted by molar-refractivity contribution is 0.0600. The second kappa shape index (κ2) is 9.18. The van der Waals surface area contributed by atoms with Crippen molar-refractivity contribution in [3.63, 3.8) is 0 Å². The van der Waals surface area contributed by atoms with Gasteiger partial charge in [0.1, 0.15) is 0 Å². The monoisotopic (exact) mass is 390 g/mol. The van der Waals surface area contributed by atoms with Gasteiger partial charge in [-0.15, -0.1) is 0 Å². The molecule has 0 fully saturated rings. The van der Waals surface area contributed by atoms with E-state index in [9.17, 15) is 18.0 Å². The van der Waals surface area contributed by atoms with Crippen LogP contribution in [0.2, 0.25) is 0 Å². The highest BCUT2D eigenvalue weighted by atomic mass is 32.2. The number of nitrogens with one attached hydrogen (secondary N) is 2. The van der Waals surface area contributed by atoms with E-state index < -0.39 is 21.9 Å². The summed E-state index contributed by atoms with van der Waals surface area (Å²) in [6.45, 7) is 1.89. The Morgan fingerprint density at radius 3 is 2.33 bits per heavy atom. The lowest BCUT2D eigenvalue weighted by Crippen LogP contribution is -2.26. The van der Waals surface area contributed by atoms with Crippen LogP contribution < -0.4 is 10.0 Å². The van der Waals surface area contributed by atoms with Crippen LogP contribution in [0.1, 0.15) is 33.2 Å². The standard InChI is InChI=1S/C19H22N2O5S/c1-3-27(24,25)21-17-12-15(11-16(13-17)19(23)26-2)18(22)20-10-9-14-7-5-4-6-8-14/h4-8,11-13,21H,3,9-10H2,1-2H3,(H,20,22). The molecule has 27 heavy (non-hydrogen) atoms. The van der Waals surface area contributed by atoms with Gasteiger partial charge in [-0.05, 0) is 37.1 Å². The van der Waals surface area contributed by atoms with Gasteiger partial charge in [-0.25, -0.2) is 13.2 Å². The predicted molar refractivity (Wildman–Crippen MR) is 103 cm³/mol. The fourth-order valence-electron chi connectivity index (χ4n) is 2.37. The molecular formula is C19H22N2O5S. The Morgan fingerprint density at radius 1 is 1.04 bits per heavy atom. The van der Waals surface area contributed by atoms with Crippen molar-refractivity contribution in [3.8, 4) is 0 Å². The van der Waals surface area contributed by atoms with Crippen LogP contribution in [-0.4, -0.2) is 39.7 Å². The highest BCUT2D eigenvalue weighted by Gasteiger charge is 2.16. The van der Waals surface area contributed by atoms with Crippen molar-refractivity contribution >= 4 is 27.6 Å². The van der Waals surface area contributed by atoms with Crippen molar-refractivity contribution in [2.45, 2.75) is 13.3 Å². The molecule has 0 aromatic heterocycles. The summed E-state index contributed by atoms with van der Waals surface area (Å²) in [5.74, 6) is -1.20. The summed E-state index contributed by atoms with van der Waals surface area (Å²) in [6, 6.07) is 13.8. The number of amides is 1. The molecule has 0 atom stereocenters. The number of hydrogen-bond acceptors (Lipinski definition) is 5. The van der Waals surface area contributed by atoms with Crippen molar-refractivity contribution in [2.24, 2.45) is 0 Å². The first-order valence-electron chi connectivity index (χ1n) is 8.40. The summed E-state index contributed by atoms with van der Waals surface area (Å²) in [6.07, 6.45) is 0.651. The normalized spacial score (nSPS) is 10.9. The molecule has 7 nitrogen and oxygen atoms in total. The molecule has 0 spiro atoms. The van der Waals surface area contributed by atoms with Gasteiger partial charge in [0.15, 0.2) is 0 Å². The summed E-state index contributed by atoms with van der Waals surface area (Å²) in [7, 11) is -2.34. The fourth-order valence-corrected chi connectivity index (χ4v) is 2.99. The molecule has 0 heterocycles. The number of rotatable bonds is 8. The molecule has 0 aliphatic carbocycles. The van der Waals surface area contributed by atoms with Gasteiger partial charge in [-0.3, -0.25) is 9.52 Å². The van der Waals surface area contributed by atoms with Crippen LogP contribution in [0, 0.1) is 0 Å². The summed E-state index contributed by atoms with van der Waals surface area (Å²) >= 11 is 0. The molecule has 8 heteroatoms. The summed E-state index contributed by atoms with van der Waals surface area (Å²) in [5, 5.41) is 2.77. The third-order valence-electron chi connectivity index (χ3n) is 3.81. The van der Waals surface area contributed by atoms with Gasteiger partial charge in [-0.1, -0.05) is 30.3 Å². The number of methoxy groups -OCH3 is 1. The summed E-state index contributed by atoms with van der Waals surface area (Å²) in [5.41, 5.74) is 1.47. The first kappa shape index (κ1) is 20.4. The Morgan fingerprint density at radius 2 is 1.70 bits per heavy atom. The van der Waals surface area contributed by atoms with Crippen LogP contribution in [0.5, 0.6) is 0 Å². The SMILES string of the molecule is CCS(=O)(=O)Nc1cc(C(=O)NCCc2ccccc2)cc(C(=O)OC)c1. The molecule has 0 aliphatic rings. The van der Waals surface area contributed by atoms with Gasteiger partial charge in [0, 0.05) is 12.1 Å². The third kappa shape index (κ3) is 6.10. The van der Waals surface area contributed by atoms with E-state index in [-0.39, 0.29) is 22.6 Å². The van der Waals surface area contributed by atoms with E-state index >= 15 is 0 Å². The molecule has 0 bridgehead atoms. The number of hydrogen-bond donors (Lipinski definition) is 2. The fraction of sp³-hybridized carbons (Fsp3) is 0.263. The van der Waals surface area contributed by atoms with Gasteiger partial charge in [-0.2, -0.15) is 0 Å². The highest BCUT2D eigenvalue weighted by molar-refractivity contribution is 7.92. The number of carbonyl (C=O) groups excluding carboxylic acids is 2. The minimum absolute atomic E-state index is 0.0852. The van der Waals surface area contributed by atoms with Gasteiger partial charge >= 0.3 is 5.97 Å². The quantitative estimate of drug-likeness (QED) is 0.673. The van der Waals surface area contributed by atoms with Crippen LogP contribution in [0.3, 0.4) is 0 Å². The largest absolute Gasteiger partial charge is 0.465 e. The molecular weight excluding hydrogens is 368 g/mol. The molecule has 2 aromatic rings. The van der Waals surface area contributed by atoms with Gasteiger partial charge in [0.25, 0.3) is 5.91 Å². The number of sulfonamides is 1. The molecule has 0 aliphatic heterocycles. The second-order valence-corrected chi connectivity index (χ2v) is 7.80. The number of anilines is 1. The van der Waals surface area contributed by atoms with Crippen LogP contribution in [0.15, 0.2) is 48.5 Å². The van der Waals surface area contributed by atoms with E-state index in [2.05, 4.69) is 14.8 Å². The van der Waals surface area contributed by atoms with E-state index in [0.717, 1.165) is 5.56 Å². The average molecular weight is 390 g/mol. The lowest BCUT2D eigenvalue weighted by atomic mass is 10.1. The number of esters is 1. The van der Waals surface area contributed by atoms with Crippen molar-refractivity contribution in [2.75, 3.05) is 24.1 Å². The first-order chi connectivity index (χ1) is 12.8. The Hall–Kier alpha value is -2.87. The minimum Gasteiger partial charge on any atom is -0.465 e.